The Morgan fingerprint density at radius 1 is 1.07 bits per heavy atom. The molecule has 0 atom stereocenters. The van der Waals surface area contributed by atoms with Gasteiger partial charge in [0.1, 0.15) is 23.0 Å². The van der Waals surface area contributed by atoms with Crippen LogP contribution in [0.1, 0.15) is 5.56 Å². The van der Waals surface area contributed by atoms with Crippen LogP contribution < -0.4 is 10.4 Å². The van der Waals surface area contributed by atoms with E-state index in [4.69, 9.17) is 20.8 Å². The summed E-state index contributed by atoms with van der Waals surface area (Å²) in [5.74, 6) is 0.637. The van der Waals surface area contributed by atoms with Gasteiger partial charge in [0.05, 0.1) is 23.3 Å². The molecule has 0 aliphatic rings. The maximum atomic E-state index is 11.9. The number of rotatable bonds is 3. The van der Waals surface area contributed by atoms with Gasteiger partial charge in [-0.25, -0.2) is 19.4 Å². The first kappa shape index (κ1) is 17.4. The first-order valence-electron chi connectivity index (χ1n) is 8.76. The molecule has 2 aromatic carbocycles. The Kier molecular flexibility index (Phi) is 4.03. The molecule has 0 amide bonds. The number of hydrogen-bond donors (Lipinski definition) is 0. The molecule has 0 fully saturated rings. The summed E-state index contributed by atoms with van der Waals surface area (Å²) in [5, 5.41) is 6.31. The molecule has 0 saturated heterocycles. The largest absolute Gasteiger partial charge is 0.437 e. The zero-order valence-corrected chi connectivity index (χ0v) is 15.9. The van der Waals surface area contributed by atoms with Gasteiger partial charge in [-0.15, -0.1) is 0 Å². The van der Waals surface area contributed by atoms with Crippen LogP contribution in [-0.2, 0) is 0 Å². The van der Waals surface area contributed by atoms with Crippen molar-refractivity contribution in [2.75, 3.05) is 0 Å². The highest BCUT2D eigenvalue weighted by Crippen LogP contribution is 2.31. The molecule has 0 unspecified atom stereocenters. The molecular weight excluding hydrogens is 392 g/mol. The van der Waals surface area contributed by atoms with Gasteiger partial charge in [0, 0.05) is 5.02 Å². The van der Waals surface area contributed by atoms with E-state index in [9.17, 15) is 4.79 Å². The summed E-state index contributed by atoms with van der Waals surface area (Å²) in [7, 11) is 0. The van der Waals surface area contributed by atoms with E-state index in [1.165, 1.54) is 12.4 Å². The monoisotopic (exact) mass is 404 g/mol. The number of nitrogens with zero attached hydrogens (tertiary/aromatic N) is 4. The van der Waals surface area contributed by atoms with Crippen LogP contribution in [0.5, 0.6) is 11.6 Å². The molecule has 0 saturated carbocycles. The van der Waals surface area contributed by atoms with Gasteiger partial charge in [-0.1, -0.05) is 29.8 Å². The van der Waals surface area contributed by atoms with Gasteiger partial charge in [-0.2, -0.15) is 5.10 Å². The minimum atomic E-state index is -0.506. The third kappa shape index (κ3) is 3.01. The van der Waals surface area contributed by atoms with E-state index >= 15 is 0 Å². The van der Waals surface area contributed by atoms with E-state index in [2.05, 4.69) is 15.1 Å². The van der Waals surface area contributed by atoms with Crippen molar-refractivity contribution < 1.29 is 9.15 Å². The lowest BCUT2D eigenvalue weighted by atomic mass is 10.2. The molecule has 7 nitrogen and oxygen atoms in total. The summed E-state index contributed by atoms with van der Waals surface area (Å²) in [6.07, 6.45) is 3.01. The van der Waals surface area contributed by atoms with Gasteiger partial charge in [0.25, 0.3) is 0 Å². The molecule has 0 spiro atoms. The SMILES string of the molecule is Cc1ccc(-n2ncc3c(Oc4cc(=O)oc5ccccc45)ncnc32)cc1Cl. The zero-order chi connectivity index (χ0) is 20.0. The highest BCUT2D eigenvalue weighted by atomic mass is 35.5. The van der Waals surface area contributed by atoms with Crippen molar-refractivity contribution in [2.24, 2.45) is 0 Å². The summed E-state index contributed by atoms with van der Waals surface area (Å²) in [4.78, 5) is 20.5. The smallest absolute Gasteiger partial charge is 0.339 e. The van der Waals surface area contributed by atoms with Crippen molar-refractivity contribution in [3.05, 3.63) is 82.1 Å². The first-order valence-corrected chi connectivity index (χ1v) is 9.14. The number of ether oxygens (including phenoxy) is 1. The number of aryl methyl sites for hydroxylation is 1. The molecule has 5 rings (SSSR count). The minimum absolute atomic E-state index is 0.287. The van der Waals surface area contributed by atoms with Crippen LogP contribution in [0.15, 0.2) is 70.3 Å². The highest BCUT2D eigenvalue weighted by molar-refractivity contribution is 6.31. The van der Waals surface area contributed by atoms with E-state index in [0.717, 1.165) is 11.3 Å². The van der Waals surface area contributed by atoms with Crippen molar-refractivity contribution in [3.8, 4) is 17.3 Å². The topological polar surface area (TPSA) is 83.0 Å². The van der Waals surface area contributed by atoms with E-state index in [0.29, 0.717) is 32.8 Å². The molecule has 0 aliphatic heterocycles. The normalized spacial score (nSPS) is 11.2. The summed E-state index contributed by atoms with van der Waals surface area (Å²) < 4.78 is 12.9. The number of aromatic nitrogens is 4. The summed E-state index contributed by atoms with van der Waals surface area (Å²) >= 11 is 6.25. The lowest BCUT2D eigenvalue weighted by Gasteiger charge is -2.08. The number of halogens is 1. The van der Waals surface area contributed by atoms with Crippen LogP contribution in [0.25, 0.3) is 27.7 Å². The van der Waals surface area contributed by atoms with Gasteiger partial charge in [-0.05, 0) is 36.8 Å². The molecule has 0 bridgehead atoms. The Hall–Kier alpha value is -3.71. The lowest BCUT2D eigenvalue weighted by molar-refractivity contribution is 0.462. The van der Waals surface area contributed by atoms with E-state index in [1.54, 1.807) is 23.0 Å². The van der Waals surface area contributed by atoms with Crippen LogP contribution in [0.4, 0.5) is 0 Å². The molecule has 5 aromatic rings. The standard InChI is InChI=1S/C21H13ClN4O3/c1-12-6-7-13(8-16(12)22)26-20-15(10-25-26)21(24-11-23-20)29-18-9-19(27)28-17-5-3-2-4-14(17)18/h2-11H,1H3. The van der Waals surface area contributed by atoms with Crippen LogP contribution in [0.2, 0.25) is 5.02 Å². The maximum Gasteiger partial charge on any atom is 0.339 e. The van der Waals surface area contributed by atoms with Crippen molar-refractivity contribution in [3.63, 3.8) is 0 Å². The third-order valence-electron chi connectivity index (χ3n) is 4.55. The third-order valence-corrected chi connectivity index (χ3v) is 4.96. The molecule has 0 aliphatic carbocycles. The Morgan fingerprint density at radius 3 is 2.79 bits per heavy atom. The summed E-state index contributed by atoms with van der Waals surface area (Å²) in [6.45, 7) is 1.93. The second-order valence-electron chi connectivity index (χ2n) is 6.43. The summed E-state index contributed by atoms with van der Waals surface area (Å²) in [5.41, 5.74) is 2.23. The molecule has 0 N–H and O–H groups in total. The zero-order valence-electron chi connectivity index (χ0n) is 15.2. The molecule has 142 valence electrons. The van der Waals surface area contributed by atoms with Crippen LogP contribution in [-0.4, -0.2) is 19.7 Å². The Balaban J connectivity index is 1.64. The van der Waals surface area contributed by atoms with E-state index < -0.39 is 5.63 Å². The average molecular weight is 405 g/mol. The Bertz CT molecular complexity index is 1440. The Labute approximate surface area is 169 Å². The van der Waals surface area contributed by atoms with E-state index in [1.807, 2.05) is 37.3 Å². The molecule has 29 heavy (non-hydrogen) atoms. The van der Waals surface area contributed by atoms with Crippen molar-refractivity contribution >= 4 is 33.6 Å². The molecule has 0 radical (unpaired) electrons. The number of para-hydroxylation sites is 1. The fourth-order valence-corrected chi connectivity index (χ4v) is 3.25. The predicted octanol–water partition coefficient (Wildman–Crippen LogP) is 4.68. The van der Waals surface area contributed by atoms with Gasteiger partial charge in [0.15, 0.2) is 5.65 Å². The number of fused-ring (bicyclic) bond motifs is 2. The van der Waals surface area contributed by atoms with E-state index in [-0.39, 0.29) is 5.88 Å². The van der Waals surface area contributed by atoms with Crippen LogP contribution in [0.3, 0.4) is 0 Å². The second-order valence-corrected chi connectivity index (χ2v) is 6.84. The number of benzene rings is 2. The average Bonchev–Trinajstić information content (AvgIpc) is 3.15. The minimum Gasteiger partial charge on any atom is -0.437 e. The van der Waals surface area contributed by atoms with Gasteiger partial charge in [-0.3, -0.25) is 0 Å². The van der Waals surface area contributed by atoms with Crippen molar-refractivity contribution in [1.29, 1.82) is 0 Å². The van der Waals surface area contributed by atoms with Gasteiger partial charge < -0.3 is 9.15 Å². The number of hydrogen-bond acceptors (Lipinski definition) is 6. The molecular formula is C21H13ClN4O3. The van der Waals surface area contributed by atoms with Crippen molar-refractivity contribution in [1.82, 2.24) is 19.7 Å². The Morgan fingerprint density at radius 2 is 1.93 bits per heavy atom. The molecule has 8 heteroatoms. The quantitative estimate of drug-likeness (QED) is 0.406. The van der Waals surface area contributed by atoms with Gasteiger partial charge in [0.2, 0.25) is 5.88 Å². The highest BCUT2D eigenvalue weighted by Gasteiger charge is 2.15. The fraction of sp³-hybridized carbons (Fsp3) is 0.0476. The summed E-state index contributed by atoms with van der Waals surface area (Å²) in [6, 6.07) is 14.1. The maximum absolute atomic E-state index is 11.9. The van der Waals surface area contributed by atoms with Crippen LogP contribution >= 0.6 is 11.6 Å². The fourth-order valence-electron chi connectivity index (χ4n) is 3.08. The second kappa shape index (κ2) is 6.72. The predicted molar refractivity (Wildman–Crippen MR) is 109 cm³/mol. The first-order chi connectivity index (χ1) is 14.1. The lowest BCUT2D eigenvalue weighted by Crippen LogP contribution is -2.00. The molecule has 3 aromatic heterocycles. The van der Waals surface area contributed by atoms with Gasteiger partial charge >= 0.3 is 5.63 Å². The van der Waals surface area contributed by atoms with Crippen molar-refractivity contribution in [2.45, 2.75) is 6.92 Å². The molecule has 3 heterocycles. The van der Waals surface area contributed by atoms with Crippen LogP contribution in [0, 0.1) is 6.92 Å².